The third-order valence-electron chi connectivity index (χ3n) is 1.15. The predicted octanol–water partition coefficient (Wildman–Crippen LogP) is -0.444. The third kappa shape index (κ3) is 3.27. The number of aromatic nitrogens is 2. The largest absolute Gasteiger partial charge is 0.463 e. The fraction of sp³-hybridized carbons (Fsp3) is 0.429. The Labute approximate surface area is 69.7 Å². The molecule has 0 atom stereocenters. The van der Waals surface area contributed by atoms with Crippen molar-refractivity contribution >= 4 is 0 Å². The van der Waals surface area contributed by atoms with E-state index in [2.05, 4.69) is 9.97 Å². The van der Waals surface area contributed by atoms with Crippen LogP contribution in [-0.2, 0) is 0 Å². The first-order valence-corrected chi connectivity index (χ1v) is 3.55. The molecule has 0 radical (unpaired) electrons. The standard InChI is InChI=1S/C7H10N2O3/c10-6(11)2-5-12-7-8-3-1-4-9-7/h1,3-4,6,10-11H,2,5H2. The summed E-state index contributed by atoms with van der Waals surface area (Å²) in [4.78, 5) is 7.56. The Morgan fingerprint density at radius 2 is 2.00 bits per heavy atom. The fourth-order valence-corrected chi connectivity index (χ4v) is 0.616. The second-order valence-electron chi connectivity index (χ2n) is 2.15. The van der Waals surface area contributed by atoms with Gasteiger partial charge in [0.15, 0.2) is 6.29 Å². The van der Waals surface area contributed by atoms with Crippen molar-refractivity contribution in [3.63, 3.8) is 0 Å². The Bertz CT molecular complexity index is 215. The lowest BCUT2D eigenvalue weighted by Gasteiger charge is -2.03. The molecule has 12 heavy (non-hydrogen) atoms. The molecule has 0 aromatic carbocycles. The molecule has 0 bridgehead atoms. The first kappa shape index (κ1) is 8.89. The number of rotatable bonds is 4. The van der Waals surface area contributed by atoms with E-state index in [1.807, 2.05) is 0 Å². The highest BCUT2D eigenvalue weighted by Gasteiger charge is 1.98. The molecule has 5 nitrogen and oxygen atoms in total. The summed E-state index contributed by atoms with van der Waals surface area (Å²) in [6.45, 7) is 0.196. The molecule has 66 valence electrons. The molecule has 1 aromatic rings. The first-order chi connectivity index (χ1) is 5.79. The Balaban J connectivity index is 2.25. The van der Waals surface area contributed by atoms with E-state index in [1.54, 1.807) is 18.5 Å². The van der Waals surface area contributed by atoms with Crippen LogP contribution in [0.5, 0.6) is 6.01 Å². The van der Waals surface area contributed by atoms with Crippen LogP contribution in [0.25, 0.3) is 0 Å². The zero-order valence-electron chi connectivity index (χ0n) is 6.42. The van der Waals surface area contributed by atoms with Crippen LogP contribution in [0.2, 0.25) is 0 Å². The summed E-state index contributed by atoms with van der Waals surface area (Å²) in [6, 6.07) is 1.92. The van der Waals surface area contributed by atoms with E-state index in [1.165, 1.54) is 0 Å². The van der Waals surface area contributed by atoms with E-state index >= 15 is 0 Å². The minimum atomic E-state index is -1.34. The van der Waals surface area contributed by atoms with E-state index in [0.717, 1.165) is 0 Å². The van der Waals surface area contributed by atoms with Gasteiger partial charge in [-0.05, 0) is 6.07 Å². The average molecular weight is 170 g/mol. The third-order valence-corrected chi connectivity index (χ3v) is 1.15. The lowest BCUT2D eigenvalue weighted by atomic mass is 10.4. The highest BCUT2D eigenvalue weighted by molar-refractivity contribution is 4.92. The molecule has 0 amide bonds. The summed E-state index contributed by atoms with van der Waals surface area (Å²) in [6.07, 6.45) is 1.92. The van der Waals surface area contributed by atoms with Crippen LogP contribution in [0.4, 0.5) is 0 Å². The normalized spacial score (nSPS) is 10.2. The fourth-order valence-electron chi connectivity index (χ4n) is 0.616. The molecule has 0 saturated carbocycles. The summed E-state index contributed by atoms with van der Waals surface area (Å²) < 4.78 is 4.97. The summed E-state index contributed by atoms with van der Waals surface area (Å²) in [5.74, 6) is 0. The van der Waals surface area contributed by atoms with Crippen molar-refractivity contribution in [1.82, 2.24) is 9.97 Å². The summed E-state index contributed by atoms with van der Waals surface area (Å²) in [5.41, 5.74) is 0. The molecule has 0 unspecified atom stereocenters. The van der Waals surface area contributed by atoms with Crippen LogP contribution in [0.3, 0.4) is 0 Å². The molecule has 0 spiro atoms. The molecule has 0 aliphatic heterocycles. The average Bonchev–Trinajstić information content (AvgIpc) is 2.05. The van der Waals surface area contributed by atoms with E-state index in [-0.39, 0.29) is 19.0 Å². The van der Waals surface area contributed by atoms with Gasteiger partial charge in [-0.15, -0.1) is 0 Å². The van der Waals surface area contributed by atoms with Crippen molar-refractivity contribution in [2.75, 3.05) is 6.61 Å². The van der Waals surface area contributed by atoms with Gasteiger partial charge < -0.3 is 14.9 Å². The van der Waals surface area contributed by atoms with E-state index in [0.29, 0.717) is 0 Å². The van der Waals surface area contributed by atoms with Gasteiger partial charge in [-0.3, -0.25) is 0 Å². The van der Waals surface area contributed by atoms with Crippen LogP contribution in [-0.4, -0.2) is 33.1 Å². The molecule has 0 aliphatic carbocycles. The van der Waals surface area contributed by atoms with Crippen LogP contribution in [0, 0.1) is 0 Å². The van der Waals surface area contributed by atoms with Gasteiger partial charge in [-0.25, -0.2) is 9.97 Å². The van der Waals surface area contributed by atoms with Crippen molar-refractivity contribution in [3.05, 3.63) is 18.5 Å². The van der Waals surface area contributed by atoms with Crippen LogP contribution < -0.4 is 4.74 Å². The molecule has 1 heterocycles. The minimum Gasteiger partial charge on any atom is -0.463 e. The Morgan fingerprint density at radius 3 is 2.58 bits per heavy atom. The molecule has 0 saturated heterocycles. The maximum absolute atomic E-state index is 8.47. The van der Waals surface area contributed by atoms with Crippen LogP contribution in [0.15, 0.2) is 18.5 Å². The molecule has 1 rings (SSSR count). The maximum Gasteiger partial charge on any atom is 0.316 e. The van der Waals surface area contributed by atoms with Gasteiger partial charge >= 0.3 is 6.01 Å². The highest BCUT2D eigenvalue weighted by atomic mass is 16.5. The molecule has 2 N–H and O–H groups in total. The second-order valence-corrected chi connectivity index (χ2v) is 2.15. The zero-order chi connectivity index (χ0) is 8.81. The van der Waals surface area contributed by atoms with E-state index in [4.69, 9.17) is 14.9 Å². The number of hydrogen-bond donors (Lipinski definition) is 2. The molecular weight excluding hydrogens is 160 g/mol. The number of aliphatic hydroxyl groups is 2. The van der Waals surface area contributed by atoms with Crippen molar-refractivity contribution in [1.29, 1.82) is 0 Å². The molecule has 1 aromatic heterocycles. The van der Waals surface area contributed by atoms with Gasteiger partial charge in [-0.1, -0.05) is 0 Å². The number of aliphatic hydroxyl groups excluding tert-OH is 1. The van der Waals surface area contributed by atoms with Gasteiger partial charge in [-0.2, -0.15) is 0 Å². The van der Waals surface area contributed by atoms with Gasteiger partial charge in [0.05, 0.1) is 6.61 Å². The van der Waals surface area contributed by atoms with Crippen LogP contribution in [0.1, 0.15) is 6.42 Å². The monoisotopic (exact) mass is 170 g/mol. The van der Waals surface area contributed by atoms with Gasteiger partial charge in [0.1, 0.15) is 0 Å². The molecule has 0 fully saturated rings. The smallest absolute Gasteiger partial charge is 0.316 e. The minimum absolute atomic E-state index is 0.151. The first-order valence-electron chi connectivity index (χ1n) is 3.55. The quantitative estimate of drug-likeness (QED) is 0.599. The second kappa shape index (κ2) is 4.63. The van der Waals surface area contributed by atoms with E-state index in [9.17, 15) is 0 Å². The van der Waals surface area contributed by atoms with Gasteiger partial charge in [0.2, 0.25) is 0 Å². The van der Waals surface area contributed by atoms with E-state index < -0.39 is 6.29 Å². The summed E-state index contributed by atoms with van der Waals surface area (Å²) >= 11 is 0. The van der Waals surface area contributed by atoms with Crippen molar-refractivity contribution in [3.8, 4) is 6.01 Å². The molecular formula is C7H10N2O3. The number of nitrogens with zero attached hydrogens (tertiary/aromatic N) is 2. The van der Waals surface area contributed by atoms with Crippen molar-refractivity contribution in [2.24, 2.45) is 0 Å². The summed E-state index contributed by atoms with van der Waals surface area (Å²) in [5, 5.41) is 16.9. The highest BCUT2D eigenvalue weighted by Crippen LogP contribution is 1.98. The Morgan fingerprint density at radius 1 is 1.33 bits per heavy atom. The van der Waals surface area contributed by atoms with Crippen molar-refractivity contribution in [2.45, 2.75) is 12.7 Å². The SMILES string of the molecule is OC(O)CCOc1ncccn1. The van der Waals surface area contributed by atoms with Gasteiger partial charge in [0, 0.05) is 18.8 Å². The van der Waals surface area contributed by atoms with Crippen LogP contribution >= 0.6 is 0 Å². The lowest BCUT2D eigenvalue weighted by molar-refractivity contribution is -0.0524. The Kier molecular flexibility index (Phi) is 3.43. The molecule has 0 aliphatic rings. The zero-order valence-corrected chi connectivity index (χ0v) is 6.42. The predicted molar refractivity (Wildman–Crippen MR) is 40.4 cm³/mol. The molecule has 5 heteroatoms. The van der Waals surface area contributed by atoms with Crippen molar-refractivity contribution < 1.29 is 14.9 Å². The summed E-state index contributed by atoms with van der Waals surface area (Å²) in [7, 11) is 0. The maximum atomic E-state index is 8.47. The van der Waals surface area contributed by atoms with Gasteiger partial charge in [0.25, 0.3) is 0 Å². The topological polar surface area (TPSA) is 75.5 Å². The lowest BCUT2D eigenvalue weighted by Crippen LogP contribution is -2.11. The Hall–Kier alpha value is -1.20. The number of hydrogen-bond acceptors (Lipinski definition) is 5. The number of ether oxygens (including phenoxy) is 1.